The summed E-state index contributed by atoms with van der Waals surface area (Å²) in [6.45, 7) is 0. The fourth-order valence-electron chi connectivity index (χ4n) is 0.721. The molecule has 0 aliphatic rings. The molecule has 0 aromatic heterocycles. The Labute approximate surface area is 68.7 Å². The molecular weight excluding hydrogens is 168 g/mol. The van der Waals surface area contributed by atoms with Crippen LogP contribution in [0.15, 0.2) is 24.3 Å². The van der Waals surface area contributed by atoms with Crippen molar-refractivity contribution in [3.05, 3.63) is 34.9 Å². The minimum absolute atomic E-state index is 0.417. The molecule has 0 amide bonds. The summed E-state index contributed by atoms with van der Waals surface area (Å²) in [6, 6.07) is 6.41. The standard InChI is InChI=1S/C7H7ClO3/c8-6-3-1-2-5(4-6)7(9)11-10/h1-4,7,9-10H. The number of benzene rings is 1. The van der Waals surface area contributed by atoms with Crippen LogP contribution >= 0.6 is 11.6 Å². The average Bonchev–Trinajstić information content (AvgIpc) is 2.03. The molecule has 0 aliphatic carbocycles. The largest absolute Gasteiger partial charge is 0.362 e. The van der Waals surface area contributed by atoms with Gasteiger partial charge in [-0.3, -0.25) is 0 Å². The van der Waals surface area contributed by atoms with E-state index in [-0.39, 0.29) is 0 Å². The highest BCUT2D eigenvalue weighted by Gasteiger charge is 2.05. The zero-order valence-electron chi connectivity index (χ0n) is 5.57. The number of halogens is 1. The summed E-state index contributed by atoms with van der Waals surface area (Å²) in [4.78, 5) is 3.69. The van der Waals surface area contributed by atoms with Gasteiger partial charge in [0.1, 0.15) is 0 Å². The first-order valence-electron chi connectivity index (χ1n) is 2.98. The van der Waals surface area contributed by atoms with Crippen molar-refractivity contribution in [3.63, 3.8) is 0 Å². The van der Waals surface area contributed by atoms with Gasteiger partial charge in [0, 0.05) is 10.6 Å². The van der Waals surface area contributed by atoms with E-state index in [2.05, 4.69) is 4.89 Å². The number of aliphatic hydroxyl groups excluding tert-OH is 1. The molecule has 2 N–H and O–H groups in total. The lowest BCUT2D eigenvalue weighted by atomic mass is 10.2. The van der Waals surface area contributed by atoms with Gasteiger partial charge in [0.25, 0.3) is 0 Å². The molecule has 0 saturated carbocycles. The maximum absolute atomic E-state index is 8.92. The third-order valence-corrected chi connectivity index (χ3v) is 1.47. The zero-order chi connectivity index (χ0) is 8.27. The van der Waals surface area contributed by atoms with E-state index in [0.29, 0.717) is 10.6 Å². The first kappa shape index (κ1) is 8.49. The lowest BCUT2D eigenvalue weighted by molar-refractivity contribution is -0.339. The Morgan fingerprint density at radius 1 is 1.45 bits per heavy atom. The molecule has 1 rings (SSSR count). The number of hydrogen-bond acceptors (Lipinski definition) is 3. The van der Waals surface area contributed by atoms with Crippen LogP contribution < -0.4 is 0 Å². The van der Waals surface area contributed by atoms with E-state index in [1.807, 2.05) is 0 Å². The second kappa shape index (κ2) is 3.69. The molecule has 0 radical (unpaired) electrons. The summed E-state index contributed by atoms with van der Waals surface area (Å²) >= 11 is 5.60. The summed E-state index contributed by atoms with van der Waals surface area (Å²) < 4.78 is 0. The second-order valence-corrected chi connectivity index (χ2v) is 2.45. The van der Waals surface area contributed by atoms with Crippen LogP contribution in [0.3, 0.4) is 0 Å². The van der Waals surface area contributed by atoms with Crippen molar-refractivity contribution in [1.82, 2.24) is 0 Å². The van der Waals surface area contributed by atoms with Gasteiger partial charge in [-0.15, -0.1) is 0 Å². The molecule has 11 heavy (non-hydrogen) atoms. The van der Waals surface area contributed by atoms with Gasteiger partial charge in [0.15, 0.2) is 0 Å². The zero-order valence-corrected chi connectivity index (χ0v) is 6.32. The highest BCUT2D eigenvalue weighted by molar-refractivity contribution is 6.30. The summed E-state index contributed by atoms with van der Waals surface area (Å²) in [5.41, 5.74) is 0.417. The first-order valence-corrected chi connectivity index (χ1v) is 3.35. The van der Waals surface area contributed by atoms with Gasteiger partial charge in [0.2, 0.25) is 6.29 Å². The van der Waals surface area contributed by atoms with Gasteiger partial charge in [-0.05, 0) is 12.1 Å². The van der Waals surface area contributed by atoms with E-state index in [4.69, 9.17) is 22.0 Å². The normalized spacial score (nSPS) is 13.0. The van der Waals surface area contributed by atoms with Gasteiger partial charge >= 0.3 is 0 Å². The Bertz CT molecular complexity index is 239. The monoisotopic (exact) mass is 174 g/mol. The Balaban J connectivity index is 2.86. The fraction of sp³-hybridized carbons (Fsp3) is 0.143. The number of rotatable bonds is 2. The van der Waals surface area contributed by atoms with Crippen LogP contribution in [0.1, 0.15) is 11.9 Å². The van der Waals surface area contributed by atoms with E-state index in [0.717, 1.165) is 0 Å². The van der Waals surface area contributed by atoms with E-state index >= 15 is 0 Å². The summed E-state index contributed by atoms with van der Waals surface area (Å²) in [5.74, 6) is 0. The second-order valence-electron chi connectivity index (χ2n) is 2.01. The van der Waals surface area contributed by atoms with Crippen LogP contribution in [0.2, 0.25) is 5.02 Å². The first-order chi connectivity index (χ1) is 5.24. The Morgan fingerprint density at radius 3 is 2.73 bits per heavy atom. The van der Waals surface area contributed by atoms with Crippen molar-refractivity contribution in [1.29, 1.82) is 0 Å². The molecular formula is C7H7ClO3. The molecule has 1 aromatic rings. The Morgan fingerprint density at radius 2 is 2.18 bits per heavy atom. The van der Waals surface area contributed by atoms with Crippen LogP contribution in [-0.2, 0) is 4.89 Å². The maximum Gasteiger partial charge on any atom is 0.214 e. The highest BCUT2D eigenvalue weighted by atomic mass is 35.5. The molecule has 3 nitrogen and oxygen atoms in total. The molecule has 1 atom stereocenters. The molecule has 0 fully saturated rings. The minimum Gasteiger partial charge on any atom is -0.362 e. The SMILES string of the molecule is OOC(O)c1cccc(Cl)c1. The fourth-order valence-corrected chi connectivity index (χ4v) is 0.920. The molecule has 0 bridgehead atoms. The van der Waals surface area contributed by atoms with Crippen LogP contribution in [0.25, 0.3) is 0 Å². The van der Waals surface area contributed by atoms with Crippen molar-refractivity contribution < 1.29 is 15.3 Å². The van der Waals surface area contributed by atoms with E-state index < -0.39 is 6.29 Å². The topological polar surface area (TPSA) is 49.7 Å². The third-order valence-electron chi connectivity index (χ3n) is 1.23. The third kappa shape index (κ3) is 2.17. The van der Waals surface area contributed by atoms with Crippen LogP contribution in [0.4, 0.5) is 0 Å². The van der Waals surface area contributed by atoms with Gasteiger partial charge in [0.05, 0.1) is 0 Å². The molecule has 0 saturated heterocycles. The van der Waals surface area contributed by atoms with Gasteiger partial charge < -0.3 is 5.11 Å². The predicted octanol–water partition coefficient (Wildman–Crippen LogP) is 1.82. The van der Waals surface area contributed by atoms with Crippen molar-refractivity contribution in [3.8, 4) is 0 Å². The Hall–Kier alpha value is -0.610. The number of aliphatic hydroxyl groups is 1. The van der Waals surface area contributed by atoms with E-state index in [1.165, 1.54) is 6.07 Å². The Kier molecular flexibility index (Phi) is 2.84. The van der Waals surface area contributed by atoms with Crippen molar-refractivity contribution in [2.75, 3.05) is 0 Å². The van der Waals surface area contributed by atoms with Crippen molar-refractivity contribution in [2.24, 2.45) is 0 Å². The van der Waals surface area contributed by atoms with Crippen LogP contribution in [0.5, 0.6) is 0 Å². The smallest absolute Gasteiger partial charge is 0.214 e. The summed E-state index contributed by atoms with van der Waals surface area (Å²) in [7, 11) is 0. The lowest BCUT2D eigenvalue weighted by Gasteiger charge is -2.05. The molecule has 0 aliphatic heterocycles. The molecule has 60 valence electrons. The molecule has 0 heterocycles. The highest BCUT2D eigenvalue weighted by Crippen LogP contribution is 2.17. The lowest BCUT2D eigenvalue weighted by Crippen LogP contribution is -1.98. The molecule has 0 spiro atoms. The number of hydrogen-bond donors (Lipinski definition) is 2. The van der Waals surface area contributed by atoms with E-state index in [1.54, 1.807) is 18.2 Å². The van der Waals surface area contributed by atoms with Gasteiger partial charge in [-0.25, -0.2) is 10.1 Å². The molecule has 4 heteroatoms. The van der Waals surface area contributed by atoms with Crippen LogP contribution in [0, 0.1) is 0 Å². The molecule has 1 unspecified atom stereocenters. The molecule has 1 aromatic carbocycles. The van der Waals surface area contributed by atoms with E-state index in [9.17, 15) is 0 Å². The quantitative estimate of drug-likeness (QED) is 0.409. The minimum atomic E-state index is -1.33. The summed E-state index contributed by atoms with van der Waals surface area (Å²) in [6.07, 6.45) is -1.33. The van der Waals surface area contributed by atoms with Gasteiger partial charge in [-0.2, -0.15) is 0 Å². The maximum atomic E-state index is 8.92. The predicted molar refractivity (Wildman–Crippen MR) is 40.1 cm³/mol. The van der Waals surface area contributed by atoms with Crippen LogP contribution in [-0.4, -0.2) is 10.4 Å². The average molecular weight is 175 g/mol. The van der Waals surface area contributed by atoms with Crippen molar-refractivity contribution in [2.45, 2.75) is 6.29 Å². The van der Waals surface area contributed by atoms with Gasteiger partial charge in [-0.1, -0.05) is 23.7 Å². The summed E-state index contributed by atoms with van der Waals surface area (Å²) in [5, 5.41) is 17.5. The van der Waals surface area contributed by atoms with Crippen molar-refractivity contribution >= 4 is 11.6 Å².